The fourth-order valence-electron chi connectivity index (χ4n) is 2.15. The van der Waals surface area contributed by atoms with Crippen molar-refractivity contribution in [2.24, 2.45) is 11.3 Å². The van der Waals surface area contributed by atoms with Crippen molar-refractivity contribution in [3.8, 4) is 0 Å². The second-order valence-electron chi connectivity index (χ2n) is 6.47. The average Bonchev–Trinajstić information content (AvgIpc) is 2.16. The Kier molecular flexibility index (Phi) is 4.00. The van der Waals surface area contributed by atoms with E-state index < -0.39 is 0 Å². The molecule has 0 bridgehead atoms. The van der Waals surface area contributed by atoms with Crippen LogP contribution in [0.25, 0.3) is 0 Å². The Morgan fingerprint density at radius 1 is 1.25 bits per heavy atom. The lowest BCUT2D eigenvalue weighted by molar-refractivity contribution is -0.134. The van der Waals surface area contributed by atoms with Crippen molar-refractivity contribution in [2.45, 2.75) is 53.0 Å². The van der Waals surface area contributed by atoms with Gasteiger partial charge in [-0.25, -0.2) is 0 Å². The van der Waals surface area contributed by atoms with E-state index in [2.05, 4.69) is 24.5 Å². The van der Waals surface area contributed by atoms with Crippen molar-refractivity contribution in [3.05, 3.63) is 0 Å². The predicted molar refractivity (Wildman–Crippen MR) is 67.3 cm³/mol. The van der Waals surface area contributed by atoms with Crippen molar-refractivity contribution in [2.75, 3.05) is 13.1 Å². The van der Waals surface area contributed by atoms with E-state index in [1.165, 1.54) is 6.42 Å². The third kappa shape index (κ3) is 3.48. The van der Waals surface area contributed by atoms with Crippen LogP contribution in [0, 0.1) is 11.3 Å². The lowest BCUT2D eigenvalue weighted by Gasteiger charge is -2.38. The molecule has 94 valence electrons. The first-order valence-electron chi connectivity index (χ1n) is 6.27. The van der Waals surface area contributed by atoms with E-state index in [1.807, 2.05) is 20.8 Å². The minimum Gasteiger partial charge on any atom is -0.351 e. The van der Waals surface area contributed by atoms with Gasteiger partial charge in [-0.1, -0.05) is 13.8 Å². The molecule has 0 aromatic carbocycles. The highest BCUT2D eigenvalue weighted by Crippen LogP contribution is 2.32. The first kappa shape index (κ1) is 13.5. The van der Waals surface area contributed by atoms with Gasteiger partial charge in [-0.15, -0.1) is 0 Å². The van der Waals surface area contributed by atoms with E-state index in [0.29, 0.717) is 5.92 Å². The number of carbonyl (C=O) groups is 1. The summed E-state index contributed by atoms with van der Waals surface area (Å²) in [5.41, 5.74) is -0.419. The van der Waals surface area contributed by atoms with Crippen molar-refractivity contribution in [1.29, 1.82) is 0 Å². The molecular formula is C13H26N2O. The number of nitrogens with one attached hydrogen (secondary N) is 2. The molecule has 1 atom stereocenters. The first-order chi connectivity index (χ1) is 7.23. The number of piperidine rings is 1. The highest BCUT2D eigenvalue weighted by atomic mass is 16.2. The van der Waals surface area contributed by atoms with E-state index in [4.69, 9.17) is 0 Å². The molecular weight excluding hydrogens is 200 g/mol. The lowest BCUT2D eigenvalue weighted by Crippen LogP contribution is -2.52. The van der Waals surface area contributed by atoms with Crippen LogP contribution >= 0.6 is 0 Å². The third-order valence-corrected chi connectivity index (χ3v) is 3.39. The molecule has 2 N–H and O–H groups in total. The normalized spacial score (nSPS) is 22.9. The summed E-state index contributed by atoms with van der Waals surface area (Å²) in [4.78, 5) is 12.2. The predicted octanol–water partition coefficient (Wildman–Crippen LogP) is 1.93. The fourth-order valence-corrected chi connectivity index (χ4v) is 2.15. The number of hydrogen-bond donors (Lipinski definition) is 2. The molecule has 1 aliphatic heterocycles. The van der Waals surface area contributed by atoms with Gasteiger partial charge in [-0.05, 0) is 52.6 Å². The van der Waals surface area contributed by atoms with Gasteiger partial charge < -0.3 is 10.6 Å². The van der Waals surface area contributed by atoms with Crippen LogP contribution in [-0.2, 0) is 4.79 Å². The second-order valence-corrected chi connectivity index (χ2v) is 6.47. The molecule has 1 fully saturated rings. The van der Waals surface area contributed by atoms with Crippen molar-refractivity contribution < 1.29 is 4.79 Å². The van der Waals surface area contributed by atoms with Crippen LogP contribution in [0.4, 0.5) is 0 Å². The fraction of sp³-hybridized carbons (Fsp3) is 0.923. The molecule has 0 spiro atoms. The van der Waals surface area contributed by atoms with Gasteiger partial charge in [-0.3, -0.25) is 4.79 Å². The zero-order chi connectivity index (χ0) is 12.4. The van der Waals surface area contributed by atoms with E-state index in [1.54, 1.807) is 0 Å². The summed E-state index contributed by atoms with van der Waals surface area (Å²) in [6, 6.07) is 0. The number of rotatable bonds is 2. The highest BCUT2D eigenvalue weighted by Gasteiger charge is 2.38. The van der Waals surface area contributed by atoms with Gasteiger partial charge in [0.2, 0.25) is 5.91 Å². The maximum atomic E-state index is 12.2. The summed E-state index contributed by atoms with van der Waals surface area (Å²) >= 11 is 0. The number of carbonyl (C=O) groups excluding carboxylic acids is 1. The van der Waals surface area contributed by atoms with Gasteiger partial charge >= 0.3 is 0 Å². The Morgan fingerprint density at radius 2 is 1.88 bits per heavy atom. The van der Waals surface area contributed by atoms with Crippen LogP contribution in [0.1, 0.15) is 47.5 Å². The summed E-state index contributed by atoms with van der Waals surface area (Å²) < 4.78 is 0. The van der Waals surface area contributed by atoms with E-state index >= 15 is 0 Å². The molecule has 1 heterocycles. The molecule has 1 unspecified atom stereocenters. The van der Waals surface area contributed by atoms with Gasteiger partial charge in [-0.2, -0.15) is 0 Å². The van der Waals surface area contributed by atoms with E-state index in [0.717, 1.165) is 19.5 Å². The van der Waals surface area contributed by atoms with Gasteiger partial charge in [0.1, 0.15) is 0 Å². The third-order valence-electron chi connectivity index (χ3n) is 3.39. The van der Waals surface area contributed by atoms with Crippen molar-refractivity contribution in [1.82, 2.24) is 10.6 Å². The van der Waals surface area contributed by atoms with Crippen LogP contribution < -0.4 is 10.6 Å². The number of amides is 1. The zero-order valence-electron chi connectivity index (χ0n) is 11.3. The summed E-state index contributed by atoms with van der Waals surface area (Å²) in [5.74, 6) is 0.622. The quantitative estimate of drug-likeness (QED) is 0.755. The molecule has 3 heteroatoms. The molecule has 16 heavy (non-hydrogen) atoms. The van der Waals surface area contributed by atoms with Crippen LogP contribution in [0.2, 0.25) is 0 Å². The Hall–Kier alpha value is -0.570. The van der Waals surface area contributed by atoms with Gasteiger partial charge in [0.05, 0.1) is 0 Å². The molecule has 1 amide bonds. The Bertz CT molecular complexity index is 247. The Balaban J connectivity index is 2.64. The molecule has 0 aromatic heterocycles. The monoisotopic (exact) mass is 226 g/mol. The molecule has 0 saturated carbocycles. The Labute approximate surface area is 99.4 Å². The van der Waals surface area contributed by atoms with Gasteiger partial charge in [0, 0.05) is 11.0 Å². The molecule has 0 aliphatic carbocycles. The molecule has 0 radical (unpaired) electrons. The minimum absolute atomic E-state index is 0.142. The van der Waals surface area contributed by atoms with Crippen molar-refractivity contribution >= 4 is 5.91 Å². The standard InChI is InChI=1S/C13H26N2O/c1-12(2,3)15-11(16)13(4,5)10-7-6-8-14-9-10/h10,14H,6-9H2,1-5H3,(H,15,16). The summed E-state index contributed by atoms with van der Waals surface area (Å²) in [6.07, 6.45) is 2.33. The maximum Gasteiger partial charge on any atom is 0.226 e. The Morgan fingerprint density at radius 3 is 2.31 bits per heavy atom. The molecule has 0 aromatic rings. The maximum absolute atomic E-state index is 12.2. The highest BCUT2D eigenvalue weighted by molar-refractivity contribution is 5.82. The van der Waals surface area contributed by atoms with Crippen LogP contribution in [0.5, 0.6) is 0 Å². The largest absolute Gasteiger partial charge is 0.351 e. The molecule has 1 saturated heterocycles. The summed E-state index contributed by atoms with van der Waals surface area (Å²) in [5, 5.41) is 6.47. The average molecular weight is 226 g/mol. The topological polar surface area (TPSA) is 41.1 Å². The minimum atomic E-state index is -0.277. The first-order valence-corrected chi connectivity index (χ1v) is 6.27. The zero-order valence-corrected chi connectivity index (χ0v) is 11.3. The molecule has 1 rings (SSSR count). The lowest BCUT2D eigenvalue weighted by atomic mass is 9.74. The smallest absolute Gasteiger partial charge is 0.226 e. The van der Waals surface area contributed by atoms with E-state index in [9.17, 15) is 4.79 Å². The number of hydrogen-bond acceptors (Lipinski definition) is 2. The molecule has 3 nitrogen and oxygen atoms in total. The van der Waals surface area contributed by atoms with Gasteiger partial charge in [0.15, 0.2) is 0 Å². The summed E-state index contributed by atoms with van der Waals surface area (Å²) in [6.45, 7) is 12.3. The van der Waals surface area contributed by atoms with Crippen LogP contribution in [0.15, 0.2) is 0 Å². The summed E-state index contributed by atoms with van der Waals surface area (Å²) in [7, 11) is 0. The van der Waals surface area contributed by atoms with Gasteiger partial charge in [0.25, 0.3) is 0 Å². The SMILES string of the molecule is CC(C)(C)NC(=O)C(C)(C)C1CCCNC1. The van der Waals surface area contributed by atoms with Crippen LogP contribution in [-0.4, -0.2) is 24.5 Å². The van der Waals surface area contributed by atoms with Crippen molar-refractivity contribution in [3.63, 3.8) is 0 Å². The second kappa shape index (κ2) is 4.74. The molecule has 1 aliphatic rings. The van der Waals surface area contributed by atoms with E-state index in [-0.39, 0.29) is 16.9 Å². The van der Waals surface area contributed by atoms with Crippen LogP contribution in [0.3, 0.4) is 0 Å².